The van der Waals surface area contributed by atoms with Gasteiger partial charge in [0.2, 0.25) is 0 Å². The second-order valence-corrected chi connectivity index (χ2v) is 17.1. The normalized spacial score (nSPS) is 12.9. The molecule has 0 N–H and O–H groups in total. The number of benzene rings is 7. The summed E-state index contributed by atoms with van der Waals surface area (Å²) in [6.07, 6.45) is 0. The van der Waals surface area contributed by atoms with Gasteiger partial charge in [-0.3, -0.25) is 0 Å². The van der Waals surface area contributed by atoms with Gasteiger partial charge in [-0.25, -0.2) is 15.0 Å². The number of hydrogen-bond donors (Lipinski definition) is 0. The molecule has 5 heteroatoms. The summed E-state index contributed by atoms with van der Waals surface area (Å²) in [6.45, 7) is 9.04. The molecule has 59 heavy (non-hydrogen) atoms. The van der Waals surface area contributed by atoms with Crippen LogP contribution in [0.1, 0.15) is 35.4 Å². The first-order valence-corrected chi connectivity index (χ1v) is 20.9. The summed E-state index contributed by atoms with van der Waals surface area (Å²) in [5.74, 6) is 1.92. The molecule has 0 atom stereocenters. The molecule has 10 aromatic rings. The molecular formula is C54H39N3OS. The van der Waals surface area contributed by atoms with E-state index in [1.165, 1.54) is 59.8 Å². The zero-order valence-corrected chi connectivity index (χ0v) is 34.1. The number of furan rings is 1. The number of nitrogens with zero attached hydrogens (tertiary/aromatic N) is 3. The molecule has 1 aliphatic rings. The lowest BCUT2D eigenvalue weighted by Gasteiger charge is -2.20. The molecule has 0 amide bonds. The molecule has 11 rings (SSSR count). The van der Waals surface area contributed by atoms with Gasteiger partial charge in [-0.05, 0) is 82.6 Å². The fourth-order valence-corrected chi connectivity index (χ4v) is 10.5. The van der Waals surface area contributed by atoms with Crippen LogP contribution in [0.5, 0.6) is 0 Å². The van der Waals surface area contributed by atoms with Crippen molar-refractivity contribution in [2.75, 3.05) is 0 Å². The van der Waals surface area contributed by atoms with Crippen molar-refractivity contribution in [2.45, 2.75) is 33.1 Å². The molecular weight excluding hydrogens is 739 g/mol. The standard InChI is InChI=1S/C54H39N3OS/c1-32-16-8-9-21-38(32)39-29-28-37(30-33(39)2)53-56-51(34-17-6-5-7-18-34)55-52(57-53)36-20-14-19-35(31-36)49-47(48-40-22-10-12-25-43(40)54(3,4)50(48)59-49)42-24-15-27-45-46(42)41-23-11-13-26-44(41)58-45/h5-31H,1-4H3. The number of para-hydroxylation sites is 1. The molecule has 7 aromatic carbocycles. The molecule has 0 fully saturated rings. The number of fused-ring (bicyclic) bond motifs is 6. The van der Waals surface area contributed by atoms with E-state index in [2.05, 4.69) is 167 Å². The molecule has 0 bridgehead atoms. The summed E-state index contributed by atoms with van der Waals surface area (Å²) in [5, 5.41) is 2.26. The van der Waals surface area contributed by atoms with Gasteiger partial charge in [0.15, 0.2) is 17.5 Å². The van der Waals surface area contributed by atoms with Gasteiger partial charge in [0.1, 0.15) is 11.2 Å². The Balaban J connectivity index is 1.11. The maximum absolute atomic E-state index is 6.46. The summed E-state index contributed by atoms with van der Waals surface area (Å²) in [6, 6.07) is 57.8. The minimum Gasteiger partial charge on any atom is -0.456 e. The fraction of sp³-hybridized carbons (Fsp3) is 0.0926. The molecule has 0 radical (unpaired) electrons. The van der Waals surface area contributed by atoms with Crippen molar-refractivity contribution < 1.29 is 4.42 Å². The highest BCUT2D eigenvalue weighted by Gasteiger charge is 2.41. The summed E-state index contributed by atoms with van der Waals surface area (Å²) in [4.78, 5) is 18.0. The summed E-state index contributed by atoms with van der Waals surface area (Å²) in [7, 11) is 0. The number of rotatable bonds is 6. The molecule has 0 saturated heterocycles. The first kappa shape index (κ1) is 35.2. The maximum atomic E-state index is 6.46. The third-order valence-corrected chi connectivity index (χ3v) is 13.6. The van der Waals surface area contributed by atoms with E-state index in [-0.39, 0.29) is 5.41 Å². The molecule has 0 spiro atoms. The van der Waals surface area contributed by atoms with Crippen LogP contribution in [-0.4, -0.2) is 15.0 Å². The van der Waals surface area contributed by atoms with Crippen LogP contribution in [0.15, 0.2) is 168 Å². The van der Waals surface area contributed by atoms with Crippen LogP contribution in [-0.2, 0) is 5.41 Å². The van der Waals surface area contributed by atoms with Gasteiger partial charge >= 0.3 is 0 Å². The lowest BCUT2D eigenvalue weighted by molar-refractivity contribution is 0.669. The lowest BCUT2D eigenvalue weighted by Crippen LogP contribution is -2.13. The predicted octanol–water partition coefficient (Wildman–Crippen LogP) is 14.8. The van der Waals surface area contributed by atoms with E-state index in [4.69, 9.17) is 19.4 Å². The van der Waals surface area contributed by atoms with Gasteiger partial charge in [-0.1, -0.05) is 153 Å². The van der Waals surface area contributed by atoms with Gasteiger partial charge in [-0.15, -0.1) is 11.3 Å². The molecule has 3 aromatic heterocycles. The Kier molecular flexibility index (Phi) is 8.11. The number of hydrogen-bond acceptors (Lipinski definition) is 5. The third-order valence-electron chi connectivity index (χ3n) is 12.0. The van der Waals surface area contributed by atoms with Gasteiger partial charge in [-0.2, -0.15) is 0 Å². The van der Waals surface area contributed by atoms with Crippen LogP contribution in [0.3, 0.4) is 0 Å². The predicted molar refractivity (Wildman–Crippen MR) is 245 cm³/mol. The summed E-state index contributed by atoms with van der Waals surface area (Å²) < 4.78 is 6.46. The molecule has 3 heterocycles. The Bertz CT molecular complexity index is 3280. The van der Waals surface area contributed by atoms with Gasteiger partial charge in [0, 0.05) is 53.8 Å². The summed E-state index contributed by atoms with van der Waals surface area (Å²) >= 11 is 1.90. The van der Waals surface area contributed by atoms with Gasteiger partial charge < -0.3 is 4.42 Å². The van der Waals surface area contributed by atoms with Crippen molar-refractivity contribution in [3.63, 3.8) is 0 Å². The van der Waals surface area contributed by atoms with Crippen molar-refractivity contribution in [1.82, 2.24) is 15.0 Å². The van der Waals surface area contributed by atoms with Gasteiger partial charge in [0.05, 0.1) is 0 Å². The Morgan fingerprint density at radius 2 is 1.05 bits per heavy atom. The molecule has 0 aliphatic heterocycles. The number of aryl methyl sites for hydroxylation is 2. The second-order valence-electron chi connectivity index (χ2n) is 16.1. The van der Waals surface area contributed by atoms with E-state index in [0.29, 0.717) is 17.5 Å². The van der Waals surface area contributed by atoms with Crippen molar-refractivity contribution in [3.8, 4) is 78.0 Å². The highest BCUT2D eigenvalue weighted by Crippen LogP contribution is 2.60. The topological polar surface area (TPSA) is 51.8 Å². The van der Waals surface area contributed by atoms with Crippen LogP contribution < -0.4 is 0 Å². The fourth-order valence-electron chi connectivity index (χ4n) is 9.07. The van der Waals surface area contributed by atoms with Crippen molar-refractivity contribution in [1.29, 1.82) is 0 Å². The van der Waals surface area contributed by atoms with Gasteiger partial charge in [0.25, 0.3) is 0 Å². The quantitative estimate of drug-likeness (QED) is 0.169. The van der Waals surface area contributed by atoms with E-state index in [1.807, 2.05) is 35.6 Å². The molecule has 0 saturated carbocycles. The Hall–Kier alpha value is -6.95. The van der Waals surface area contributed by atoms with Crippen LogP contribution in [0.2, 0.25) is 0 Å². The Morgan fingerprint density at radius 3 is 1.85 bits per heavy atom. The smallest absolute Gasteiger partial charge is 0.164 e. The van der Waals surface area contributed by atoms with Crippen LogP contribution in [0, 0.1) is 13.8 Å². The van der Waals surface area contributed by atoms with E-state index in [9.17, 15) is 0 Å². The van der Waals surface area contributed by atoms with E-state index >= 15 is 0 Å². The zero-order valence-electron chi connectivity index (χ0n) is 33.2. The van der Waals surface area contributed by atoms with E-state index in [0.717, 1.165) is 44.2 Å². The lowest BCUT2D eigenvalue weighted by atomic mass is 9.87. The van der Waals surface area contributed by atoms with E-state index in [1.54, 1.807) is 0 Å². The highest BCUT2D eigenvalue weighted by atomic mass is 32.1. The summed E-state index contributed by atoms with van der Waals surface area (Å²) in [5.41, 5.74) is 16.8. The average Bonchev–Trinajstić information content (AvgIpc) is 3.93. The molecule has 0 unspecified atom stereocenters. The molecule has 1 aliphatic carbocycles. The zero-order chi connectivity index (χ0) is 39.8. The Morgan fingerprint density at radius 1 is 0.458 bits per heavy atom. The van der Waals surface area contributed by atoms with Crippen molar-refractivity contribution in [3.05, 3.63) is 185 Å². The number of thiophene rings is 1. The number of aromatic nitrogens is 3. The second kappa shape index (κ2) is 13.6. The average molecular weight is 778 g/mol. The first-order valence-electron chi connectivity index (χ1n) is 20.1. The largest absolute Gasteiger partial charge is 0.456 e. The first-order chi connectivity index (χ1) is 28.8. The van der Waals surface area contributed by atoms with Crippen LogP contribution >= 0.6 is 11.3 Å². The minimum absolute atomic E-state index is 0.159. The molecule has 4 nitrogen and oxygen atoms in total. The monoisotopic (exact) mass is 777 g/mol. The third kappa shape index (κ3) is 5.68. The highest BCUT2D eigenvalue weighted by molar-refractivity contribution is 7.17. The van der Waals surface area contributed by atoms with E-state index < -0.39 is 0 Å². The van der Waals surface area contributed by atoms with Crippen LogP contribution in [0.25, 0.3) is 99.9 Å². The molecule has 282 valence electrons. The van der Waals surface area contributed by atoms with Crippen molar-refractivity contribution >= 4 is 33.3 Å². The maximum Gasteiger partial charge on any atom is 0.164 e. The van der Waals surface area contributed by atoms with Crippen LogP contribution in [0.4, 0.5) is 0 Å². The minimum atomic E-state index is -0.159. The Labute approximate surface area is 347 Å². The van der Waals surface area contributed by atoms with Crippen molar-refractivity contribution in [2.24, 2.45) is 0 Å². The SMILES string of the molecule is Cc1ccccc1-c1ccc(-c2nc(-c3ccccc3)nc(-c3cccc(-c4sc5c(c4-c4cccc6oc7ccccc7c46)-c4ccccc4C5(C)C)c3)n2)cc1C.